The van der Waals surface area contributed by atoms with Gasteiger partial charge in [0, 0.05) is 19.8 Å². The van der Waals surface area contributed by atoms with Crippen LogP contribution in [0.25, 0.3) is 0 Å². The normalized spacial score (nSPS) is 12.0. The van der Waals surface area contributed by atoms with Crippen LogP contribution in [0.5, 0.6) is 0 Å². The Hall–Kier alpha value is -2.08. The molecule has 2 N–H and O–H groups in total. The number of hydrogen-bond acceptors (Lipinski definition) is 3. The zero-order valence-corrected chi connectivity index (χ0v) is 11.3. The van der Waals surface area contributed by atoms with Crippen molar-refractivity contribution < 1.29 is 14.7 Å². The number of carbonyl (C=O) groups excluding carboxylic acids is 1. The van der Waals surface area contributed by atoms with Crippen molar-refractivity contribution in [2.75, 3.05) is 26.0 Å². The monoisotopic (exact) mass is 265 g/mol. The van der Waals surface area contributed by atoms with Crippen LogP contribution >= 0.6 is 0 Å². The number of anilines is 1. The van der Waals surface area contributed by atoms with Crippen molar-refractivity contribution in [3.05, 3.63) is 30.3 Å². The smallest absolute Gasteiger partial charge is 0.336 e. The first-order chi connectivity index (χ1) is 8.91. The first-order valence-corrected chi connectivity index (χ1v) is 5.95. The van der Waals surface area contributed by atoms with Crippen LogP contribution < -0.4 is 5.32 Å². The van der Waals surface area contributed by atoms with E-state index in [4.69, 9.17) is 5.11 Å². The average molecular weight is 265 g/mol. The van der Waals surface area contributed by atoms with E-state index in [1.54, 1.807) is 38.2 Å². The van der Waals surface area contributed by atoms with Crippen LogP contribution in [0.1, 0.15) is 6.92 Å². The lowest BCUT2D eigenvalue weighted by atomic mass is 10.2. The van der Waals surface area contributed by atoms with Gasteiger partial charge in [0.05, 0.1) is 12.5 Å². The van der Waals surface area contributed by atoms with Crippen LogP contribution in [0.3, 0.4) is 0 Å². The highest BCUT2D eigenvalue weighted by atomic mass is 16.4. The summed E-state index contributed by atoms with van der Waals surface area (Å²) in [6, 6.07) is 8.67. The first kappa shape index (κ1) is 15.0. The van der Waals surface area contributed by atoms with E-state index in [9.17, 15) is 9.59 Å². The van der Waals surface area contributed by atoms with E-state index in [2.05, 4.69) is 5.32 Å². The van der Waals surface area contributed by atoms with Gasteiger partial charge in [0.25, 0.3) is 0 Å². The molecular weight excluding hydrogens is 246 g/mol. The number of rotatable bonds is 5. The summed E-state index contributed by atoms with van der Waals surface area (Å²) in [7, 11) is 3.39. The molecule has 0 aliphatic rings. The summed E-state index contributed by atoms with van der Waals surface area (Å²) in [5.41, 5.74) is 0.669. The lowest BCUT2D eigenvalue weighted by molar-refractivity contribution is -0.142. The van der Waals surface area contributed by atoms with E-state index in [1.165, 1.54) is 5.01 Å². The van der Waals surface area contributed by atoms with Crippen molar-refractivity contribution >= 4 is 17.7 Å². The summed E-state index contributed by atoms with van der Waals surface area (Å²) < 4.78 is 0. The highest BCUT2D eigenvalue weighted by Crippen LogP contribution is 2.09. The Kier molecular flexibility index (Phi) is 5.32. The third-order valence-electron chi connectivity index (χ3n) is 2.61. The topological polar surface area (TPSA) is 72.9 Å². The van der Waals surface area contributed by atoms with Gasteiger partial charge in [0.1, 0.15) is 0 Å². The molecule has 0 spiro atoms. The molecule has 0 fully saturated rings. The molecule has 1 atom stereocenters. The second-order valence-corrected chi connectivity index (χ2v) is 4.46. The predicted octanol–water partition coefficient (Wildman–Crippen LogP) is 1.72. The number of urea groups is 1. The molecular formula is C13H19N3O3. The summed E-state index contributed by atoms with van der Waals surface area (Å²) in [5.74, 6) is -1.57. The Morgan fingerprint density at radius 3 is 2.32 bits per heavy atom. The number of nitrogens with one attached hydrogen (secondary N) is 1. The summed E-state index contributed by atoms with van der Waals surface area (Å²) in [5, 5.41) is 14.5. The van der Waals surface area contributed by atoms with Gasteiger partial charge in [-0.15, -0.1) is 0 Å². The molecule has 6 heteroatoms. The van der Waals surface area contributed by atoms with Gasteiger partial charge in [0.2, 0.25) is 0 Å². The van der Waals surface area contributed by atoms with Gasteiger partial charge >= 0.3 is 12.0 Å². The van der Waals surface area contributed by atoms with Crippen molar-refractivity contribution in [3.63, 3.8) is 0 Å². The third kappa shape index (κ3) is 4.59. The van der Waals surface area contributed by atoms with E-state index < -0.39 is 11.9 Å². The standard InChI is InChI=1S/C13H19N3O3/c1-10(12(17)18)9-16(15(2)3)13(19)14-11-7-5-4-6-8-11/h4-8,10H,9H2,1-3H3,(H,14,19)(H,17,18). The van der Waals surface area contributed by atoms with Crippen molar-refractivity contribution in [3.8, 4) is 0 Å². The first-order valence-electron chi connectivity index (χ1n) is 5.95. The molecule has 0 saturated carbocycles. The van der Waals surface area contributed by atoms with Crippen LogP contribution in [0, 0.1) is 5.92 Å². The molecule has 0 aliphatic heterocycles. The fourth-order valence-electron chi connectivity index (χ4n) is 1.47. The van der Waals surface area contributed by atoms with Crippen molar-refractivity contribution in [1.82, 2.24) is 10.0 Å². The zero-order chi connectivity index (χ0) is 14.4. The Bertz CT molecular complexity index is 434. The van der Waals surface area contributed by atoms with Gasteiger partial charge in [-0.25, -0.2) is 9.80 Å². The second kappa shape index (κ2) is 6.75. The number of carbonyl (C=O) groups is 2. The fraction of sp³-hybridized carbons (Fsp3) is 0.385. The Morgan fingerprint density at radius 2 is 1.84 bits per heavy atom. The van der Waals surface area contributed by atoms with E-state index in [0.717, 1.165) is 0 Å². The zero-order valence-electron chi connectivity index (χ0n) is 11.3. The molecule has 0 aromatic heterocycles. The number of benzene rings is 1. The highest BCUT2D eigenvalue weighted by Gasteiger charge is 2.22. The molecule has 0 aliphatic carbocycles. The van der Waals surface area contributed by atoms with Crippen LogP contribution in [-0.2, 0) is 4.79 Å². The van der Waals surface area contributed by atoms with E-state index in [1.807, 2.05) is 18.2 Å². The van der Waals surface area contributed by atoms with Crippen molar-refractivity contribution in [1.29, 1.82) is 0 Å². The molecule has 6 nitrogen and oxygen atoms in total. The molecule has 0 heterocycles. The fourth-order valence-corrected chi connectivity index (χ4v) is 1.47. The molecule has 1 unspecified atom stereocenters. The van der Waals surface area contributed by atoms with Crippen LogP contribution in [0.2, 0.25) is 0 Å². The lowest BCUT2D eigenvalue weighted by Crippen LogP contribution is -2.47. The number of aliphatic carboxylic acids is 1. The van der Waals surface area contributed by atoms with Gasteiger partial charge < -0.3 is 10.4 Å². The van der Waals surface area contributed by atoms with E-state index >= 15 is 0 Å². The quantitative estimate of drug-likeness (QED) is 0.795. The number of carboxylic acid groups (broad SMARTS) is 1. The molecule has 0 saturated heterocycles. The Morgan fingerprint density at radius 1 is 1.26 bits per heavy atom. The Labute approximate surface area is 112 Å². The Balaban J connectivity index is 2.71. The number of para-hydroxylation sites is 1. The number of hydrogen-bond donors (Lipinski definition) is 2. The highest BCUT2D eigenvalue weighted by molar-refractivity contribution is 5.89. The van der Waals surface area contributed by atoms with E-state index in [-0.39, 0.29) is 12.6 Å². The minimum atomic E-state index is -0.931. The van der Waals surface area contributed by atoms with Crippen LogP contribution in [0.4, 0.5) is 10.5 Å². The lowest BCUT2D eigenvalue weighted by Gasteiger charge is -2.30. The van der Waals surface area contributed by atoms with Gasteiger partial charge in [-0.1, -0.05) is 25.1 Å². The SMILES string of the molecule is CC(CN(C(=O)Nc1ccccc1)N(C)C)C(=O)O. The minimum absolute atomic E-state index is 0.112. The predicted molar refractivity (Wildman–Crippen MR) is 72.7 cm³/mol. The molecule has 19 heavy (non-hydrogen) atoms. The van der Waals surface area contributed by atoms with E-state index in [0.29, 0.717) is 5.69 Å². The summed E-state index contributed by atoms with van der Waals surface area (Å²) in [4.78, 5) is 23.0. The molecule has 2 amide bonds. The number of amides is 2. The molecule has 0 bridgehead atoms. The summed E-state index contributed by atoms with van der Waals surface area (Å²) >= 11 is 0. The largest absolute Gasteiger partial charge is 0.481 e. The third-order valence-corrected chi connectivity index (χ3v) is 2.61. The summed E-state index contributed by atoms with van der Waals surface area (Å²) in [6.45, 7) is 1.68. The van der Waals surface area contributed by atoms with Gasteiger partial charge in [0.15, 0.2) is 0 Å². The molecule has 104 valence electrons. The molecule has 1 aromatic rings. The van der Waals surface area contributed by atoms with Gasteiger partial charge in [-0.05, 0) is 12.1 Å². The maximum absolute atomic E-state index is 12.1. The average Bonchev–Trinajstić information content (AvgIpc) is 2.36. The van der Waals surface area contributed by atoms with Crippen molar-refractivity contribution in [2.45, 2.75) is 6.92 Å². The van der Waals surface area contributed by atoms with Crippen LogP contribution in [0.15, 0.2) is 30.3 Å². The second-order valence-electron chi connectivity index (χ2n) is 4.46. The van der Waals surface area contributed by atoms with Gasteiger partial charge in [-0.2, -0.15) is 0 Å². The molecule has 0 radical (unpaired) electrons. The minimum Gasteiger partial charge on any atom is -0.481 e. The maximum atomic E-state index is 12.1. The summed E-state index contributed by atoms with van der Waals surface area (Å²) in [6.07, 6.45) is 0. The molecule has 1 aromatic carbocycles. The van der Waals surface area contributed by atoms with Gasteiger partial charge in [-0.3, -0.25) is 9.80 Å². The number of hydrazine groups is 1. The molecule has 1 rings (SSSR count). The maximum Gasteiger partial charge on any atom is 0.336 e. The van der Waals surface area contributed by atoms with Crippen molar-refractivity contribution in [2.24, 2.45) is 5.92 Å². The van der Waals surface area contributed by atoms with Crippen LogP contribution in [-0.4, -0.2) is 47.8 Å². The number of carboxylic acids is 1. The number of nitrogens with zero attached hydrogens (tertiary/aromatic N) is 2.